The van der Waals surface area contributed by atoms with E-state index in [2.05, 4.69) is 12.2 Å². The minimum atomic E-state index is -0.586. The lowest BCUT2D eigenvalue weighted by atomic mass is 10.1. The first-order valence-electron chi connectivity index (χ1n) is 4.83. The molecule has 0 rings (SSSR count). The van der Waals surface area contributed by atoms with Gasteiger partial charge in [-0.25, -0.2) is 0 Å². The Labute approximate surface area is 79.9 Å². The predicted molar refractivity (Wildman–Crippen MR) is 52.7 cm³/mol. The van der Waals surface area contributed by atoms with Crippen molar-refractivity contribution in [2.45, 2.75) is 46.1 Å². The molecule has 0 fully saturated rings. The fraction of sp³-hybridized carbons (Fsp3) is 0.800. The first kappa shape index (κ1) is 12.3. The summed E-state index contributed by atoms with van der Waals surface area (Å²) in [6.45, 7) is 5.75. The van der Waals surface area contributed by atoms with Crippen LogP contribution >= 0.6 is 0 Å². The number of hydrogen-bond acceptors (Lipinski definition) is 3. The highest BCUT2D eigenvalue weighted by molar-refractivity contribution is 6.04. The van der Waals surface area contributed by atoms with Crippen LogP contribution in [0.3, 0.4) is 0 Å². The van der Waals surface area contributed by atoms with E-state index in [4.69, 9.17) is 0 Å². The predicted octanol–water partition coefficient (Wildman–Crippen LogP) is 1.31. The van der Waals surface area contributed by atoms with Crippen molar-refractivity contribution in [2.75, 3.05) is 6.54 Å². The maximum absolute atomic E-state index is 11.0. The molecule has 0 heterocycles. The van der Waals surface area contributed by atoms with Gasteiger partial charge in [-0.3, -0.25) is 9.59 Å². The van der Waals surface area contributed by atoms with Crippen LogP contribution < -0.4 is 5.32 Å². The average molecular weight is 185 g/mol. The number of ketones is 2. The molecule has 3 nitrogen and oxygen atoms in total. The molecule has 0 aliphatic heterocycles. The van der Waals surface area contributed by atoms with Gasteiger partial charge in [0.05, 0.1) is 0 Å². The van der Waals surface area contributed by atoms with Crippen molar-refractivity contribution in [1.82, 2.24) is 5.32 Å². The van der Waals surface area contributed by atoms with Crippen LogP contribution in [-0.2, 0) is 9.59 Å². The number of carbonyl (C=O) groups is 2. The van der Waals surface area contributed by atoms with Crippen LogP contribution in [0, 0.1) is 0 Å². The first-order chi connectivity index (χ1) is 6.09. The molecular formula is C10H19NO2. The summed E-state index contributed by atoms with van der Waals surface area (Å²) >= 11 is 0. The molecule has 0 aliphatic rings. The molecule has 76 valence electrons. The van der Waals surface area contributed by atoms with E-state index in [1.165, 1.54) is 13.8 Å². The van der Waals surface area contributed by atoms with Gasteiger partial charge in [-0.2, -0.15) is 0 Å². The number of nitrogens with one attached hydrogen (secondary N) is 1. The van der Waals surface area contributed by atoms with E-state index in [0.717, 1.165) is 25.8 Å². The Balaban J connectivity index is 3.71. The molecule has 0 aromatic carbocycles. The van der Waals surface area contributed by atoms with Crippen LogP contribution in [0.2, 0.25) is 0 Å². The molecule has 0 spiro atoms. The van der Waals surface area contributed by atoms with Crippen LogP contribution in [-0.4, -0.2) is 24.2 Å². The number of rotatable bonds is 7. The van der Waals surface area contributed by atoms with Crippen molar-refractivity contribution in [3.8, 4) is 0 Å². The van der Waals surface area contributed by atoms with Crippen LogP contribution in [0.1, 0.15) is 40.0 Å². The minimum absolute atomic E-state index is 0.0935. The highest BCUT2D eigenvalue weighted by Gasteiger charge is 2.17. The summed E-state index contributed by atoms with van der Waals surface area (Å²) in [7, 11) is 0. The second-order valence-corrected chi connectivity index (χ2v) is 3.32. The topological polar surface area (TPSA) is 46.2 Å². The molecule has 0 unspecified atom stereocenters. The van der Waals surface area contributed by atoms with Gasteiger partial charge in [0.25, 0.3) is 0 Å². The Kier molecular flexibility index (Phi) is 6.41. The highest BCUT2D eigenvalue weighted by atomic mass is 16.2. The molecule has 0 radical (unpaired) electrons. The first-order valence-corrected chi connectivity index (χ1v) is 4.83. The Morgan fingerprint density at radius 1 is 1.15 bits per heavy atom. The molecule has 0 aliphatic carbocycles. The third-order valence-corrected chi connectivity index (χ3v) is 1.94. The summed E-state index contributed by atoms with van der Waals surface area (Å²) in [5.41, 5.74) is 0. The third-order valence-electron chi connectivity index (χ3n) is 1.94. The van der Waals surface area contributed by atoms with Gasteiger partial charge in [0.15, 0.2) is 11.6 Å². The molecule has 0 bridgehead atoms. The minimum Gasteiger partial charge on any atom is -0.301 e. The maximum atomic E-state index is 11.0. The third kappa shape index (κ3) is 5.53. The molecule has 0 amide bonds. The fourth-order valence-electron chi connectivity index (χ4n) is 1.20. The van der Waals surface area contributed by atoms with Crippen LogP contribution in [0.15, 0.2) is 0 Å². The number of hydrogen-bond donors (Lipinski definition) is 1. The van der Waals surface area contributed by atoms with Gasteiger partial charge in [-0.1, -0.05) is 19.8 Å². The molecular weight excluding hydrogens is 166 g/mol. The Morgan fingerprint density at radius 3 is 2.08 bits per heavy atom. The standard InChI is InChI=1S/C10H19NO2/c1-4-5-6-7-11-10(8(2)12)9(3)13/h10-11H,4-7H2,1-3H3. The summed E-state index contributed by atoms with van der Waals surface area (Å²) in [4.78, 5) is 21.9. The van der Waals surface area contributed by atoms with Crippen LogP contribution in [0.4, 0.5) is 0 Å². The van der Waals surface area contributed by atoms with Crippen LogP contribution in [0.25, 0.3) is 0 Å². The number of Topliss-reactive ketones (excluding diaryl/α,β-unsaturated/α-hetero) is 2. The largest absolute Gasteiger partial charge is 0.301 e. The van der Waals surface area contributed by atoms with Gasteiger partial charge in [0.2, 0.25) is 0 Å². The monoisotopic (exact) mass is 185 g/mol. The molecule has 13 heavy (non-hydrogen) atoms. The van der Waals surface area contributed by atoms with Crippen molar-refractivity contribution in [1.29, 1.82) is 0 Å². The Morgan fingerprint density at radius 2 is 1.69 bits per heavy atom. The van der Waals surface area contributed by atoms with Gasteiger partial charge in [-0.05, 0) is 26.8 Å². The molecule has 0 saturated heterocycles. The molecule has 0 atom stereocenters. The van der Waals surface area contributed by atoms with Gasteiger partial charge in [0, 0.05) is 0 Å². The van der Waals surface area contributed by atoms with E-state index in [1.54, 1.807) is 0 Å². The molecule has 1 N–H and O–H groups in total. The van der Waals surface area contributed by atoms with Gasteiger partial charge in [-0.15, -0.1) is 0 Å². The number of carbonyl (C=O) groups excluding carboxylic acids is 2. The smallest absolute Gasteiger partial charge is 0.154 e. The molecule has 0 aromatic rings. The van der Waals surface area contributed by atoms with Gasteiger partial charge < -0.3 is 5.32 Å². The van der Waals surface area contributed by atoms with E-state index in [0.29, 0.717) is 0 Å². The fourth-order valence-corrected chi connectivity index (χ4v) is 1.20. The molecule has 0 aromatic heterocycles. The SMILES string of the molecule is CCCCCNC(C(C)=O)C(C)=O. The van der Waals surface area contributed by atoms with Gasteiger partial charge >= 0.3 is 0 Å². The quantitative estimate of drug-likeness (QED) is 0.480. The van der Waals surface area contributed by atoms with Crippen molar-refractivity contribution < 1.29 is 9.59 Å². The van der Waals surface area contributed by atoms with E-state index in [9.17, 15) is 9.59 Å². The lowest BCUT2D eigenvalue weighted by molar-refractivity contribution is -0.127. The lowest BCUT2D eigenvalue weighted by Crippen LogP contribution is -2.41. The number of unbranched alkanes of at least 4 members (excludes halogenated alkanes) is 2. The molecule has 0 saturated carbocycles. The summed E-state index contributed by atoms with van der Waals surface area (Å²) in [5.74, 6) is -0.187. The maximum Gasteiger partial charge on any atom is 0.154 e. The summed E-state index contributed by atoms with van der Waals surface area (Å²) in [6, 6.07) is -0.586. The normalized spacial score (nSPS) is 10.5. The van der Waals surface area contributed by atoms with Crippen molar-refractivity contribution in [2.24, 2.45) is 0 Å². The zero-order valence-corrected chi connectivity index (χ0v) is 8.72. The Bertz CT molecular complexity index is 164. The molecule has 3 heteroatoms. The van der Waals surface area contributed by atoms with E-state index in [-0.39, 0.29) is 11.6 Å². The van der Waals surface area contributed by atoms with E-state index in [1.807, 2.05) is 0 Å². The van der Waals surface area contributed by atoms with Crippen molar-refractivity contribution >= 4 is 11.6 Å². The second kappa shape index (κ2) is 6.78. The average Bonchev–Trinajstić information content (AvgIpc) is 2.02. The zero-order chi connectivity index (χ0) is 10.3. The van der Waals surface area contributed by atoms with Crippen molar-refractivity contribution in [3.05, 3.63) is 0 Å². The zero-order valence-electron chi connectivity index (χ0n) is 8.72. The summed E-state index contributed by atoms with van der Waals surface area (Å²) in [6.07, 6.45) is 3.30. The highest BCUT2D eigenvalue weighted by Crippen LogP contribution is 1.94. The second-order valence-electron chi connectivity index (χ2n) is 3.32. The van der Waals surface area contributed by atoms with E-state index >= 15 is 0 Å². The lowest BCUT2D eigenvalue weighted by Gasteiger charge is -2.11. The van der Waals surface area contributed by atoms with Crippen LogP contribution in [0.5, 0.6) is 0 Å². The summed E-state index contributed by atoms with van der Waals surface area (Å²) < 4.78 is 0. The van der Waals surface area contributed by atoms with E-state index < -0.39 is 6.04 Å². The Hall–Kier alpha value is -0.700. The van der Waals surface area contributed by atoms with Gasteiger partial charge in [0.1, 0.15) is 6.04 Å². The summed E-state index contributed by atoms with van der Waals surface area (Å²) in [5, 5.41) is 2.95. The van der Waals surface area contributed by atoms with Crippen molar-refractivity contribution in [3.63, 3.8) is 0 Å².